The van der Waals surface area contributed by atoms with Crippen LogP contribution in [-0.4, -0.2) is 23.2 Å². The Bertz CT molecular complexity index is 482. The van der Waals surface area contributed by atoms with Crippen molar-refractivity contribution >= 4 is 23.2 Å². The Kier molecular flexibility index (Phi) is 8.09. The Hall–Kier alpha value is -1.72. The maximum atomic E-state index is 11.8. The van der Waals surface area contributed by atoms with Crippen LogP contribution < -0.4 is 10.9 Å². The summed E-state index contributed by atoms with van der Waals surface area (Å²) < 4.78 is 0. The van der Waals surface area contributed by atoms with Gasteiger partial charge in [0, 0.05) is 24.3 Å². The first kappa shape index (κ1) is 19.6. The van der Waals surface area contributed by atoms with Crippen LogP contribution in [0.1, 0.15) is 84.5 Å². The van der Waals surface area contributed by atoms with Crippen molar-refractivity contribution in [2.45, 2.75) is 84.5 Å². The summed E-state index contributed by atoms with van der Waals surface area (Å²) in [5.41, 5.74) is 7.42. The minimum Gasteiger partial charge on any atom is -0.273 e. The average Bonchev–Trinajstić information content (AvgIpc) is 2.58. The number of hydrogen-bond donors (Lipinski definition) is 2. The normalized spacial score (nSPS) is 27.3. The lowest BCUT2D eigenvalue weighted by atomic mass is 9.89. The molecule has 0 heterocycles. The van der Waals surface area contributed by atoms with Gasteiger partial charge in [0.05, 0.1) is 0 Å². The standard InChI is InChI=1S/C19H32N4O2/c1-14-6-3-8-16(12-14)20-22-18(24)10-5-11-19(25)23-21-17-9-4-7-15(2)13-17/h14-15H,3-13H2,1-2H3,(H,22,24)(H,23,25)/t14-,15+. The highest BCUT2D eigenvalue weighted by Crippen LogP contribution is 2.21. The molecule has 2 aliphatic carbocycles. The summed E-state index contributed by atoms with van der Waals surface area (Å²) in [5, 5.41) is 8.46. The summed E-state index contributed by atoms with van der Waals surface area (Å²) >= 11 is 0. The van der Waals surface area contributed by atoms with Crippen molar-refractivity contribution in [3.8, 4) is 0 Å². The smallest absolute Gasteiger partial charge is 0.240 e. The highest BCUT2D eigenvalue weighted by Gasteiger charge is 2.15. The molecule has 0 bridgehead atoms. The molecule has 140 valence electrons. The molecule has 0 unspecified atom stereocenters. The van der Waals surface area contributed by atoms with E-state index in [1.54, 1.807) is 0 Å². The zero-order valence-corrected chi connectivity index (χ0v) is 15.6. The highest BCUT2D eigenvalue weighted by atomic mass is 16.2. The Morgan fingerprint density at radius 1 is 0.880 bits per heavy atom. The zero-order valence-electron chi connectivity index (χ0n) is 15.6. The number of nitrogens with one attached hydrogen (secondary N) is 2. The molecular formula is C19H32N4O2. The molecular weight excluding hydrogens is 316 g/mol. The predicted octanol–water partition coefficient (Wildman–Crippen LogP) is 3.52. The molecule has 25 heavy (non-hydrogen) atoms. The molecule has 0 aliphatic heterocycles. The van der Waals surface area contributed by atoms with E-state index in [1.165, 1.54) is 12.8 Å². The number of amides is 2. The van der Waals surface area contributed by atoms with E-state index in [0.29, 0.717) is 31.1 Å². The van der Waals surface area contributed by atoms with Crippen LogP contribution >= 0.6 is 0 Å². The predicted molar refractivity (Wildman–Crippen MR) is 100 cm³/mol. The van der Waals surface area contributed by atoms with E-state index in [9.17, 15) is 9.59 Å². The van der Waals surface area contributed by atoms with Crippen molar-refractivity contribution in [2.24, 2.45) is 22.0 Å². The molecule has 2 aliphatic rings. The highest BCUT2D eigenvalue weighted by molar-refractivity contribution is 5.88. The van der Waals surface area contributed by atoms with Gasteiger partial charge in [-0.05, 0) is 69.6 Å². The first-order chi connectivity index (χ1) is 12.0. The molecule has 6 nitrogen and oxygen atoms in total. The molecule has 0 aromatic rings. The van der Waals surface area contributed by atoms with E-state index in [0.717, 1.165) is 49.9 Å². The second-order valence-corrected chi connectivity index (χ2v) is 7.68. The number of hydrazone groups is 2. The van der Waals surface area contributed by atoms with Crippen LogP contribution in [0.25, 0.3) is 0 Å². The van der Waals surface area contributed by atoms with Gasteiger partial charge in [0.2, 0.25) is 11.8 Å². The van der Waals surface area contributed by atoms with Gasteiger partial charge in [-0.2, -0.15) is 10.2 Å². The van der Waals surface area contributed by atoms with Crippen LogP contribution in [0.5, 0.6) is 0 Å². The van der Waals surface area contributed by atoms with Gasteiger partial charge in [0.1, 0.15) is 0 Å². The van der Waals surface area contributed by atoms with E-state index in [1.807, 2.05) is 0 Å². The van der Waals surface area contributed by atoms with Gasteiger partial charge in [-0.3, -0.25) is 9.59 Å². The summed E-state index contributed by atoms with van der Waals surface area (Å²) in [6, 6.07) is 0. The molecule has 2 amide bonds. The fourth-order valence-corrected chi connectivity index (χ4v) is 3.53. The van der Waals surface area contributed by atoms with Crippen LogP contribution in [0.4, 0.5) is 0 Å². The Morgan fingerprint density at radius 2 is 1.32 bits per heavy atom. The van der Waals surface area contributed by atoms with Gasteiger partial charge in [-0.25, -0.2) is 10.9 Å². The van der Waals surface area contributed by atoms with Crippen LogP contribution in [0.15, 0.2) is 10.2 Å². The molecule has 2 fully saturated rings. The zero-order chi connectivity index (χ0) is 18.1. The molecule has 2 atom stereocenters. The second-order valence-electron chi connectivity index (χ2n) is 7.68. The lowest BCUT2D eigenvalue weighted by Crippen LogP contribution is -2.24. The van der Waals surface area contributed by atoms with Crippen molar-refractivity contribution in [1.82, 2.24) is 10.9 Å². The SMILES string of the molecule is C[C@@H]1CCCC(=NNC(=O)CCCC(=O)NN=C2CCC[C@H](C)C2)C1. The van der Waals surface area contributed by atoms with E-state index in [4.69, 9.17) is 0 Å². The van der Waals surface area contributed by atoms with E-state index in [-0.39, 0.29) is 11.8 Å². The van der Waals surface area contributed by atoms with Crippen molar-refractivity contribution in [2.75, 3.05) is 0 Å². The molecule has 6 heteroatoms. The van der Waals surface area contributed by atoms with Gasteiger partial charge < -0.3 is 0 Å². The molecule has 0 radical (unpaired) electrons. The van der Waals surface area contributed by atoms with Crippen molar-refractivity contribution in [3.63, 3.8) is 0 Å². The van der Waals surface area contributed by atoms with E-state index < -0.39 is 0 Å². The number of carbonyl (C=O) groups excluding carboxylic acids is 2. The first-order valence-corrected chi connectivity index (χ1v) is 9.71. The molecule has 0 aromatic carbocycles. The van der Waals surface area contributed by atoms with E-state index in [2.05, 4.69) is 34.9 Å². The lowest BCUT2D eigenvalue weighted by molar-refractivity contribution is -0.122. The number of hydrogen-bond acceptors (Lipinski definition) is 4. The molecule has 2 N–H and O–H groups in total. The van der Waals surface area contributed by atoms with Crippen LogP contribution in [-0.2, 0) is 9.59 Å². The Balaban J connectivity index is 1.59. The minimum atomic E-state index is -0.119. The third-order valence-corrected chi connectivity index (χ3v) is 4.98. The number of nitrogens with zero attached hydrogens (tertiary/aromatic N) is 2. The monoisotopic (exact) mass is 348 g/mol. The number of carbonyl (C=O) groups is 2. The molecule has 2 rings (SSSR count). The minimum absolute atomic E-state index is 0.119. The molecule has 2 saturated carbocycles. The lowest BCUT2D eigenvalue weighted by Gasteiger charge is -2.19. The maximum Gasteiger partial charge on any atom is 0.240 e. The Labute approximate surface area is 150 Å². The first-order valence-electron chi connectivity index (χ1n) is 9.71. The fourth-order valence-electron chi connectivity index (χ4n) is 3.53. The van der Waals surface area contributed by atoms with Gasteiger partial charge in [-0.15, -0.1) is 0 Å². The molecule has 0 saturated heterocycles. The van der Waals surface area contributed by atoms with Gasteiger partial charge >= 0.3 is 0 Å². The average molecular weight is 348 g/mol. The van der Waals surface area contributed by atoms with Crippen LogP contribution in [0.3, 0.4) is 0 Å². The summed E-state index contributed by atoms with van der Waals surface area (Å²) in [5.74, 6) is 1.07. The topological polar surface area (TPSA) is 82.9 Å². The van der Waals surface area contributed by atoms with Crippen molar-refractivity contribution < 1.29 is 9.59 Å². The third-order valence-electron chi connectivity index (χ3n) is 4.98. The molecule has 0 spiro atoms. The summed E-state index contributed by atoms with van der Waals surface area (Å²) in [7, 11) is 0. The Morgan fingerprint density at radius 3 is 1.72 bits per heavy atom. The van der Waals surface area contributed by atoms with Crippen molar-refractivity contribution in [3.05, 3.63) is 0 Å². The van der Waals surface area contributed by atoms with Gasteiger partial charge in [-0.1, -0.05) is 13.8 Å². The molecule has 0 aromatic heterocycles. The van der Waals surface area contributed by atoms with Crippen LogP contribution in [0.2, 0.25) is 0 Å². The maximum absolute atomic E-state index is 11.8. The largest absolute Gasteiger partial charge is 0.273 e. The number of rotatable bonds is 6. The summed E-state index contributed by atoms with van der Waals surface area (Å²) in [6.07, 6.45) is 9.83. The summed E-state index contributed by atoms with van der Waals surface area (Å²) in [4.78, 5) is 23.6. The van der Waals surface area contributed by atoms with Gasteiger partial charge in [0.15, 0.2) is 0 Å². The van der Waals surface area contributed by atoms with Gasteiger partial charge in [0.25, 0.3) is 0 Å². The fraction of sp³-hybridized carbons (Fsp3) is 0.789. The van der Waals surface area contributed by atoms with E-state index >= 15 is 0 Å². The third kappa shape index (κ3) is 7.80. The quantitative estimate of drug-likeness (QED) is 0.720. The van der Waals surface area contributed by atoms with Crippen molar-refractivity contribution in [1.29, 1.82) is 0 Å². The van der Waals surface area contributed by atoms with Crippen LogP contribution in [0, 0.1) is 11.8 Å². The second kappa shape index (κ2) is 10.3. The summed E-state index contributed by atoms with van der Waals surface area (Å²) in [6.45, 7) is 4.43.